The van der Waals surface area contributed by atoms with Crippen molar-refractivity contribution < 1.29 is 32.2 Å². The van der Waals surface area contributed by atoms with Crippen molar-refractivity contribution in [1.29, 1.82) is 0 Å². The number of methoxy groups -OCH3 is 2. The number of anilines is 1. The SMILES string of the molecule is CCOc1ccc(N(CC(=O)NCCOc2cccc(C)c2C)S(=O)(=O)c2ccc(OC)c(OC)c2)cc1. The molecule has 3 aromatic carbocycles. The van der Waals surface area contributed by atoms with E-state index in [1.54, 1.807) is 24.3 Å². The first-order valence-electron chi connectivity index (χ1n) is 12.1. The normalized spacial score (nSPS) is 11.0. The summed E-state index contributed by atoms with van der Waals surface area (Å²) < 4.78 is 50.3. The fourth-order valence-corrected chi connectivity index (χ4v) is 5.15. The van der Waals surface area contributed by atoms with E-state index in [2.05, 4.69) is 5.32 Å². The Hall–Kier alpha value is -3.92. The van der Waals surface area contributed by atoms with Crippen molar-refractivity contribution in [2.24, 2.45) is 0 Å². The van der Waals surface area contributed by atoms with E-state index in [0.717, 1.165) is 21.2 Å². The zero-order valence-electron chi connectivity index (χ0n) is 22.3. The molecule has 204 valence electrons. The lowest BCUT2D eigenvalue weighted by Gasteiger charge is -2.25. The van der Waals surface area contributed by atoms with Crippen molar-refractivity contribution >= 4 is 21.6 Å². The molecule has 0 aliphatic rings. The van der Waals surface area contributed by atoms with Crippen LogP contribution in [0, 0.1) is 13.8 Å². The van der Waals surface area contributed by atoms with Crippen molar-refractivity contribution in [3.63, 3.8) is 0 Å². The van der Waals surface area contributed by atoms with Crippen LogP contribution in [0.3, 0.4) is 0 Å². The second-order valence-electron chi connectivity index (χ2n) is 8.35. The van der Waals surface area contributed by atoms with Gasteiger partial charge < -0.3 is 24.3 Å². The van der Waals surface area contributed by atoms with E-state index in [1.165, 1.54) is 32.4 Å². The fraction of sp³-hybridized carbons (Fsp3) is 0.321. The van der Waals surface area contributed by atoms with Gasteiger partial charge in [-0.05, 0) is 74.4 Å². The number of nitrogens with zero attached hydrogens (tertiary/aromatic N) is 1. The topological polar surface area (TPSA) is 103 Å². The van der Waals surface area contributed by atoms with Crippen LogP contribution in [0.2, 0.25) is 0 Å². The maximum absolute atomic E-state index is 13.7. The summed E-state index contributed by atoms with van der Waals surface area (Å²) in [7, 11) is -1.26. The van der Waals surface area contributed by atoms with Crippen LogP contribution in [0.15, 0.2) is 65.6 Å². The lowest BCUT2D eigenvalue weighted by Crippen LogP contribution is -2.42. The first kappa shape index (κ1) is 28.6. The average molecular weight is 543 g/mol. The Morgan fingerprint density at radius 2 is 1.61 bits per heavy atom. The Morgan fingerprint density at radius 1 is 0.895 bits per heavy atom. The van der Waals surface area contributed by atoms with Crippen molar-refractivity contribution in [2.75, 3.05) is 44.8 Å². The van der Waals surface area contributed by atoms with Gasteiger partial charge in [-0.25, -0.2) is 8.42 Å². The minimum atomic E-state index is -4.15. The number of amides is 1. The zero-order valence-corrected chi connectivity index (χ0v) is 23.1. The van der Waals surface area contributed by atoms with E-state index in [0.29, 0.717) is 23.8 Å². The smallest absolute Gasteiger partial charge is 0.264 e. The van der Waals surface area contributed by atoms with Gasteiger partial charge in [0, 0.05) is 6.07 Å². The number of carbonyl (C=O) groups is 1. The Labute approximate surface area is 224 Å². The van der Waals surface area contributed by atoms with Gasteiger partial charge in [0.05, 0.1) is 38.0 Å². The summed E-state index contributed by atoms with van der Waals surface area (Å²) in [6, 6.07) is 16.6. The molecule has 0 saturated carbocycles. The first-order chi connectivity index (χ1) is 18.2. The quantitative estimate of drug-likeness (QED) is 0.324. The number of carbonyl (C=O) groups excluding carboxylic acids is 1. The summed E-state index contributed by atoms with van der Waals surface area (Å²) >= 11 is 0. The van der Waals surface area contributed by atoms with Crippen molar-refractivity contribution in [1.82, 2.24) is 5.32 Å². The summed E-state index contributed by atoms with van der Waals surface area (Å²) in [6.45, 7) is 6.31. The molecule has 0 unspecified atom stereocenters. The predicted molar refractivity (Wildman–Crippen MR) is 146 cm³/mol. The van der Waals surface area contributed by atoms with E-state index in [4.69, 9.17) is 18.9 Å². The number of rotatable bonds is 13. The van der Waals surface area contributed by atoms with Crippen LogP contribution in [-0.2, 0) is 14.8 Å². The average Bonchev–Trinajstić information content (AvgIpc) is 2.92. The van der Waals surface area contributed by atoms with Crippen molar-refractivity contribution in [3.05, 3.63) is 71.8 Å². The second-order valence-corrected chi connectivity index (χ2v) is 10.2. The summed E-state index contributed by atoms with van der Waals surface area (Å²) in [5.41, 5.74) is 2.45. The molecule has 0 bridgehead atoms. The number of sulfonamides is 1. The highest BCUT2D eigenvalue weighted by Gasteiger charge is 2.28. The Kier molecular flexibility index (Phi) is 9.84. The number of aryl methyl sites for hydroxylation is 1. The standard InChI is InChI=1S/C28H34N2O7S/c1-6-36-23-12-10-22(11-13-23)30(38(32,33)24-14-15-26(34-4)27(18-24)35-5)19-28(31)29-16-17-37-25-9-7-8-20(2)21(25)3/h7-15,18H,6,16-17,19H2,1-5H3,(H,29,31). The maximum Gasteiger partial charge on any atom is 0.264 e. The molecule has 1 amide bonds. The monoisotopic (exact) mass is 542 g/mol. The molecule has 0 radical (unpaired) electrons. The number of hydrogen-bond acceptors (Lipinski definition) is 7. The van der Waals surface area contributed by atoms with Gasteiger partial charge in [0.15, 0.2) is 11.5 Å². The lowest BCUT2D eigenvalue weighted by atomic mass is 10.1. The van der Waals surface area contributed by atoms with Crippen LogP contribution < -0.4 is 28.6 Å². The van der Waals surface area contributed by atoms with Crippen LogP contribution in [0.4, 0.5) is 5.69 Å². The van der Waals surface area contributed by atoms with E-state index < -0.39 is 22.5 Å². The second kappa shape index (κ2) is 13.0. The Morgan fingerprint density at radius 3 is 2.26 bits per heavy atom. The molecule has 0 saturated heterocycles. The molecule has 0 aliphatic heterocycles. The number of hydrogen-bond donors (Lipinski definition) is 1. The van der Waals surface area contributed by atoms with E-state index in [-0.39, 0.29) is 23.8 Å². The number of benzene rings is 3. The first-order valence-corrected chi connectivity index (χ1v) is 13.6. The molecule has 9 nitrogen and oxygen atoms in total. The minimum Gasteiger partial charge on any atom is -0.494 e. The molecular weight excluding hydrogens is 508 g/mol. The Bertz CT molecular complexity index is 1340. The highest BCUT2D eigenvalue weighted by Crippen LogP contribution is 2.32. The van der Waals surface area contributed by atoms with Crippen LogP contribution in [0.5, 0.6) is 23.0 Å². The molecule has 0 aromatic heterocycles. The van der Waals surface area contributed by atoms with Crippen LogP contribution in [-0.4, -0.2) is 54.8 Å². The summed E-state index contributed by atoms with van der Waals surface area (Å²) in [6.07, 6.45) is 0. The number of ether oxygens (including phenoxy) is 4. The third-order valence-corrected chi connectivity index (χ3v) is 7.67. The lowest BCUT2D eigenvalue weighted by molar-refractivity contribution is -0.119. The molecule has 0 heterocycles. The zero-order chi connectivity index (χ0) is 27.7. The van der Waals surface area contributed by atoms with E-state index in [9.17, 15) is 13.2 Å². The third-order valence-electron chi connectivity index (χ3n) is 5.90. The van der Waals surface area contributed by atoms with Gasteiger partial charge in [-0.1, -0.05) is 12.1 Å². The largest absolute Gasteiger partial charge is 0.494 e. The fourth-order valence-electron chi connectivity index (χ4n) is 3.71. The molecule has 0 aliphatic carbocycles. The summed E-state index contributed by atoms with van der Waals surface area (Å²) in [5, 5.41) is 2.74. The third kappa shape index (κ3) is 6.89. The van der Waals surface area contributed by atoms with E-state index in [1.807, 2.05) is 39.0 Å². The predicted octanol–water partition coefficient (Wildman–Crippen LogP) is 4.11. The van der Waals surface area contributed by atoms with Crippen molar-refractivity contribution in [3.8, 4) is 23.0 Å². The molecule has 0 atom stereocenters. The van der Waals surface area contributed by atoms with Gasteiger partial charge in [-0.3, -0.25) is 9.10 Å². The number of nitrogens with one attached hydrogen (secondary N) is 1. The maximum atomic E-state index is 13.7. The van der Waals surface area contributed by atoms with Crippen LogP contribution in [0.1, 0.15) is 18.1 Å². The molecule has 3 aromatic rings. The van der Waals surface area contributed by atoms with Crippen LogP contribution in [0.25, 0.3) is 0 Å². The summed E-state index contributed by atoms with van der Waals surface area (Å²) in [4.78, 5) is 12.8. The molecule has 38 heavy (non-hydrogen) atoms. The van der Waals surface area contributed by atoms with Gasteiger partial charge in [-0.15, -0.1) is 0 Å². The molecular formula is C28H34N2O7S. The van der Waals surface area contributed by atoms with Gasteiger partial charge in [0.25, 0.3) is 10.0 Å². The summed E-state index contributed by atoms with van der Waals surface area (Å²) in [5.74, 6) is 1.50. The highest BCUT2D eigenvalue weighted by molar-refractivity contribution is 7.92. The highest BCUT2D eigenvalue weighted by atomic mass is 32.2. The van der Waals surface area contributed by atoms with Gasteiger partial charge in [0.1, 0.15) is 24.7 Å². The minimum absolute atomic E-state index is 0.0462. The molecule has 3 rings (SSSR count). The van der Waals surface area contributed by atoms with Gasteiger partial charge in [0.2, 0.25) is 5.91 Å². The van der Waals surface area contributed by atoms with Crippen LogP contribution >= 0.6 is 0 Å². The van der Waals surface area contributed by atoms with E-state index >= 15 is 0 Å². The van der Waals surface area contributed by atoms with Crippen molar-refractivity contribution in [2.45, 2.75) is 25.7 Å². The van der Waals surface area contributed by atoms with Gasteiger partial charge in [-0.2, -0.15) is 0 Å². The molecule has 0 fully saturated rings. The molecule has 10 heteroatoms. The van der Waals surface area contributed by atoms with Gasteiger partial charge >= 0.3 is 0 Å². The Balaban J connectivity index is 1.79. The molecule has 0 spiro atoms. The molecule has 1 N–H and O–H groups in total.